The molecule has 0 aliphatic carbocycles. The standard InChI is InChI=1S/C19H20BrN3OS2/c1-3-19(2)8-13-14(9-24-19)26-17-15(13)16(21)22-18(23-17)25-10-11-4-6-12(20)7-5-11/h4-7H,3,8-10H2,1-2H3,(H2,21,22,23)/t19-/m0/s1. The Morgan fingerprint density at radius 3 is 2.81 bits per heavy atom. The summed E-state index contributed by atoms with van der Waals surface area (Å²) in [5.74, 6) is 1.41. The van der Waals surface area contributed by atoms with E-state index in [1.807, 2.05) is 12.1 Å². The number of thiophene rings is 1. The van der Waals surface area contributed by atoms with Crippen LogP contribution in [-0.2, 0) is 23.5 Å². The number of nitrogens with two attached hydrogens (primary N) is 1. The predicted molar refractivity (Wildman–Crippen MR) is 113 cm³/mol. The Balaban J connectivity index is 1.62. The van der Waals surface area contributed by atoms with Crippen molar-refractivity contribution in [3.8, 4) is 0 Å². The number of ether oxygens (including phenoxy) is 1. The van der Waals surface area contributed by atoms with Gasteiger partial charge in [0.25, 0.3) is 0 Å². The Kier molecular flexibility index (Phi) is 4.98. The number of nitrogens with zero attached hydrogens (tertiary/aromatic N) is 2. The first-order chi connectivity index (χ1) is 12.5. The third-order valence-corrected chi connectivity index (χ3v) is 7.42. The molecule has 0 saturated carbocycles. The number of hydrogen-bond donors (Lipinski definition) is 1. The second kappa shape index (κ2) is 7.11. The van der Waals surface area contributed by atoms with Gasteiger partial charge in [0.2, 0.25) is 0 Å². The van der Waals surface area contributed by atoms with Crippen LogP contribution in [0.2, 0.25) is 0 Å². The van der Waals surface area contributed by atoms with Crippen molar-refractivity contribution in [3.05, 3.63) is 44.7 Å². The van der Waals surface area contributed by atoms with Gasteiger partial charge in [-0.3, -0.25) is 0 Å². The third kappa shape index (κ3) is 3.50. The average Bonchev–Trinajstić information content (AvgIpc) is 2.99. The van der Waals surface area contributed by atoms with Gasteiger partial charge in [0, 0.05) is 21.5 Å². The Labute approximate surface area is 169 Å². The zero-order chi connectivity index (χ0) is 18.3. The monoisotopic (exact) mass is 449 g/mol. The van der Waals surface area contributed by atoms with Crippen LogP contribution in [0.25, 0.3) is 10.2 Å². The highest BCUT2D eigenvalue weighted by Gasteiger charge is 2.32. The van der Waals surface area contributed by atoms with Crippen LogP contribution in [0.3, 0.4) is 0 Å². The summed E-state index contributed by atoms with van der Waals surface area (Å²) in [5.41, 5.74) is 8.73. The minimum absolute atomic E-state index is 0.123. The van der Waals surface area contributed by atoms with Crippen molar-refractivity contribution in [2.75, 3.05) is 5.73 Å². The van der Waals surface area contributed by atoms with Gasteiger partial charge in [0.05, 0.1) is 17.6 Å². The van der Waals surface area contributed by atoms with E-state index in [1.54, 1.807) is 23.1 Å². The topological polar surface area (TPSA) is 61.0 Å². The molecule has 0 amide bonds. The number of fused-ring (bicyclic) bond motifs is 3. The van der Waals surface area contributed by atoms with Crippen molar-refractivity contribution in [2.45, 2.75) is 49.8 Å². The molecule has 1 aliphatic heterocycles. The van der Waals surface area contributed by atoms with Crippen LogP contribution in [-0.4, -0.2) is 15.6 Å². The molecular weight excluding hydrogens is 430 g/mol. The number of rotatable bonds is 4. The minimum Gasteiger partial charge on any atom is -0.383 e. The number of hydrogen-bond acceptors (Lipinski definition) is 6. The Morgan fingerprint density at radius 1 is 1.31 bits per heavy atom. The molecule has 3 heterocycles. The second-order valence-corrected chi connectivity index (χ2v) is 9.70. The van der Waals surface area contributed by atoms with Crippen LogP contribution in [0.1, 0.15) is 36.3 Å². The lowest BCUT2D eigenvalue weighted by atomic mass is 9.90. The van der Waals surface area contributed by atoms with Gasteiger partial charge in [-0.1, -0.05) is 46.7 Å². The quantitative estimate of drug-likeness (QED) is 0.416. The maximum atomic E-state index is 6.34. The number of benzene rings is 1. The summed E-state index contributed by atoms with van der Waals surface area (Å²) in [5, 5.41) is 1.76. The van der Waals surface area contributed by atoms with E-state index in [-0.39, 0.29) is 5.60 Å². The lowest BCUT2D eigenvalue weighted by Gasteiger charge is -2.33. The van der Waals surface area contributed by atoms with E-state index in [2.05, 4.69) is 46.9 Å². The highest BCUT2D eigenvalue weighted by molar-refractivity contribution is 9.10. The molecule has 1 atom stereocenters. The first-order valence-corrected chi connectivity index (χ1v) is 11.2. The predicted octanol–water partition coefficient (Wildman–Crippen LogP) is 5.57. The molecule has 2 aromatic heterocycles. The molecule has 26 heavy (non-hydrogen) atoms. The van der Waals surface area contributed by atoms with E-state index in [4.69, 9.17) is 15.5 Å². The highest BCUT2D eigenvalue weighted by atomic mass is 79.9. The van der Waals surface area contributed by atoms with Gasteiger partial charge in [0.1, 0.15) is 10.6 Å². The van der Waals surface area contributed by atoms with E-state index in [1.165, 1.54) is 16.0 Å². The largest absolute Gasteiger partial charge is 0.383 e. The molecule has 0 saturated heterocycles. The number of anilines is 1. The Hall–Kier alpha value is -1.15. The van der Waals surface area contributed by atoms with E-state index in [9.17, 15) is 0 Å². The number of thioether (sulfide) groups is 1. The lowest BCUT2D eigenvalue weighted by Crippen LogP contribution is -2.33. The summed E-state index contributed by atoms with van der Waals surface area (Å²) in [4.78, 5) is 11.6. The molecule has 0 bridgehead atoms. The summed E-state index contributed by atoms with van der Waals surface area (Å²) >= 11 is 6.77. The average molecular weight is 450 g/mol. The van der Waals surface area contributed by atoms with E-state index >= 15 is 0 Å². The fraction of sp³-hybridized carbons (Fsp3) is 0.368. The number of halogens is 1. The van der Waals surface area contributed by atoms with Gasteiger partial charge >= 0.3 is 0 Å². The van der Waals surface area contributed by atoms with Gasteiger partial charge in [-0.15, -0.1) is 11.3 Å². The zero-order valence-electron chi connectivity index (χ0n) is 14.7. The van der Waals surface area contributed by atoms with Crippen LogP contribution in [0.4, 0.5) is 5.82 Å². The summed E-state index contributed by atoms with van der Waals surface area (Å²) < 4.78 is 7.15. The minimum atomic E-state index is -0.123. The van der Waals surface area contributed by atoms with E-state index in [0.717, 1.165) is 38.4 Å². The Morgan fingerprint density at radius 2 is 2.08 bits per heavy atom. The van der Waals surface area contributed by atoms with Crippen molar-refractivity contribution < 1.29 is 4.74 Å². The maximum absolute atomic E-state index is 6.34. The summed E-state index contributed by atoms with van der Waals surface area (Å²) in [6, 6.07) is 8.30. The van der Waals surface area contributed by atoms with Crippen molar-refractivity contribution in [2.24, 2.45) is 0 Å². The van der Waals surface area contributed by atoms with Gasteiger partial charge in [0.15, 0.2) is 5.16 Å². The van der Waals surface area contributed by atoms with Crippen LogP contribution in [0.15, 0.2) is 33.9 Å². The van der Waals surface area contributed by atoms with Gasteiger partial charge in [-0.25, -0.2) is 9.97 Å². The first kappa shape index (κ1) is 18.2. The first-order valence-electron chi connectivity index (χ1n) is 8.56. The van der Waals surface area contributed by atoms with Gasteiger partial charge < -0.3 is 10.5 Å². The molecule has 1 aromatic carbocycles. The summed E-state index contributed by atoms with van der Waals surface area (Å²) in [6.07, 6.45) is 1.85. The SMILES string of the molecule is CC[C@@]1(C)Cc2c(sc3nc(SCc4ccc(Br)cc4)nc(N)c23)CO1. The molecular formula is C19H20BrN3OS2. The molecule has 2 N–H and O–H groups in total. The van der Waals surface area contributed by atoms with Crippen molar-refractivity contribution in [1.82, 2.24) is 9.97 Å². The molecule has 0 spiro atoms. The third-order valence-electron chi connectivity index (χ3n) is 4.87. The lowest BCUT2D eigenvalue weighted by molar-refractivity contribution is -0.0542. The van der Waals surface area contributed by atoms with Gasteiger partial charge in [-0.05, 0) is 36.6 Å². The molecule has 1 aliphatic rings. The van der Waals surface area contributed by atoms with Crippen LogP contribution >= 0.6 is 39.0 Å². The maximum Gasteiger partial charge on any atom is 0.191 e. The molecule has 4 nitrogen and oxygen atoms in total. The molecule has 0 fully saturated rings. The van der Waals surface area contributed by atoms with Crippen molar-refractivity contribution in [3.63, 3.8) is 0 Å². The van der Waals surface area contributed by atoms with Crippen molar-refractivity contribution in [1.29, 1.82) is 0 Å². The number of aromatic nitrogens is 2. The molecule has 4 rings (SSSR count). The second-order valence-electron chi connectivity index (χ2n) is 6.76. The van der Waals surface area contributed by atoms with Crippen LogP contribution < -0.4 is 5.73 Å². The van der Waals surface area contributed by atoms with Crippen molar-refractivity contribution >= 4 is 55.1 Å². The molecule has 136 valence electrons. The smallest absolute Gasteiger partial charge is 0.191 e. The fourth-order valence-electron chi connectivity index (χ4n) is 3.10. The fourth-order valence-corrected chi connectivity index (χ4v) is 5.34. The van der Waals surface area contributed by atoms with E-state index < -0.39 is 0 Å². The van der Waals surface area contributed by atoms with Crippen LogP contribution in [0.5, 0.6) is 0 Å². The summed E-state index contributed by atoms with van der Waals surface area (Å²) in [6.45, 7) is 4.97. The van der Waals surface area contributed by atoms with E-state index in [0.29, 0.717) is 12.4 Å². The van der Waals surface area contributed by atoms with Gasteiger partial charge in [-0.2, -0.15) is 0 Å². The normalized spacial score (nSPS) is 19.7. The number of nitrogen functional groups attached to an aromatic ring is 1. The molecule has 0 radical (unpaired) electrons. The molecule has 7 heteroatoms. The zero-order valence-corrected chi connectivity index (χ0v) is 17.9. The summed E-state index contributed by atoms with van der Waals surface area (Å²) in [7, 11) is 0. The van der Waals surface area contributed by atoms with Crippen LogP contribution in [0, 0.1) is 0 Å². The molecule has 3 aromatic rings. The highest BCUT2D eigenvalue weighted by Crippen LogP contribution is 2.41. The Bertz CT molecular complexity index is 958. The molecule has 0 unspecified atom stereocenters.